The summed E-state index contributed by atoms with van der Waals surface area (Å²) in [6.45, 7) is 5.50. The Bertz CT molecular complexity index is 426. The molecule has 1 heterocycles. The van der Waals surface area contributed by atoms with Gasteiger partial charge >= 0.3 is 0 Å². The maximum absolute atomic E-state index is 9.68. The molecule has 1 saturated carbocycles. The first-order chi connectivity index (χ1) is 9.67. The van der Waals surface area contributed by atoms with E-state index in [2.05, 4.69) is 22.2 Å². The lowest BCUT2D eigenvalue weighted by atomic mass is 9.87. The highest BCUT2D eigenvalue weighted by Crippen LogP contribution is 2.24. The number of ether oxygens (including phenoxy) is 1. The topological polar surface area (TPSA) is 67.3 Å². The van der Waals surface area contributed by atoms with Crippen LogP contribution in [0.1, 0.15) is 44.7 Å². The lowest BCUT2D eigenvalue weighted by Gasteiger charge is -2.25. The van der Waals surface area contributed by atoms with E-state index in [4.69, 9.17) is 4.74 Å². The second-order valence-corrected chi connectivity index (χ2v) is 5.59. The molecule has 2 atom stereocenters. The highest BCUT2D eigenvalue weighted by Gasteiger charge is 2.20. The summed E-state index contributed by atoms with van der Waals surface area (Å²) in [6, 6.07) is 1.85. The van der Waals surface area contributed by atoms with Gasteiger partial charge in [-0.1, -0.05) is 13.3 Å². The summed E-state index contributed by atoms with van der Waals surface area (Å²) in [4.78, 5) is 8.75. The molecule has 0 bridgehead atoms. The van der Waals surface area contributed by atoms with Crippen LogP contribution >= 0.6 is 0 Å². The van der Waals surface area contributed by atoms with Gasteiger partial charge in [-0.2, -0.15) is 4.98 Å². The van der Waals surface area contributed by atoms with Gasteiger partial charge in [0.15, 0.2) is 0 Å². The first-order valence-electron chi connectivity index (χ1n) is 7.57. The van der Waals surface area contributed by atoms with Crippen molar-refractivity contribution in [3.05, 3.63) is 11.8 Å². The van der Waals surface area contributed by atoms with Crippen LogP contribution in [-0.4, -0.2) is 34.3 Å². The molecule has 0 saturated heterocycles. The van der Waals surface area contributed by atoms with Crippen molar-refractivity contribution < 1.29 is 9.84 Å². The summed E-state index contributed by atoms with van der Waals surface area (Å²) in [5.74, 6) is 1.75. The molecular weight excluding hydrogens is 254 g/mol. The number of aromatic nitrogens is 2. The van der Waals surface area contributed by atoms with E-state index in [-0.39, 0.29) is 6.10 Å². The number of hydrogen-bond donors (Lipinski definition) is 2. The predicted octanol–water partition coefficient (Wildman–Crippen LogP) is 2.54. The van der Waals surface area contributed by atoms with Gasteiger partial charge in [-0.3, -0.25) is 0 Å². The zero-order valence-electron chi connectivity index (χ0n) is 12.4. The van der Waals surface area contributed by atoms with Crippen LogP contribution < -0.4 is 10.1 Å². The average molecular weight is 279 g/mol. The molecule has 1 aliphatic carbocycles. The highest BCUT2D eigenvalue weighted by atomic mass is 16.5. The van der Waals surface area contributed by atoms with E-state index in [9.17, 15) is 5.11 Å². The van der Waals surface area contributed by atoms with Gasteiger partial charge in [0, 0.05) is 18.3 Å². The molecule has 0 radical (unpaired) electrons. The van der Waals surface area contributed by atoms with Crippen LogP contribution in [0.5, 0.6) is 5.88 Å². The van der Waals surface area contributed by atoms with Crippen molar-refractivity contribution in [1.29, 1.82) is 0 Å². The number of hydrogen-bond acceptors (Lipinski definition) is 5. The summed E-state index contributed by atoms with van der Waals surface area (Å²) in [5.41, 5.74) is 0.900. The Balaban J connectivity index is 1.89. The fraction of sp³-hybridized carbons (Fsp3) is 0.733. The molecule has 1 aromatic rings. The van der Waals surface area contributed by atoms with Gasteiger partial charge < -0.3 is 15.2 Å². The van der Waals surface area contributed by atoms with E-state index in [1.54, 1.807) is 0 Å². The van der Waals surface area contributed by atoms with Crippen LogP contribution in [0.3, 0.4) is 0 Å². The number of aryl methyl sites for hydroxylation is 1. The third-order valence-electron chi connectivity index (χ3n) is 3.59. The van der Waals surface area contributed by atoms with Gasteiger partial charge in [-0.15, -0.1) is 0 Å². The number of nitrogens with zero attached hydrogens (tertiary/aromatic N) is 2. The van der Waals surface area contributed by atoms with Crippen LogP contribution in [-0.2, 0) is 0 Å². The lowest BCUT2D eigenvalue weighted by molar-refractivity contribution is 0.104. The fourth-order valence-corrected chi connectivity index (χ4v) is 2.58. The van der Waals surface area contributed by atoms with E-state index >= 15 is 0 Å². The van der Waals surface area contributed by atoms with Crippen molar-refractivity contribution in [2.24, 2.45) is 5.92 Å². The van der Waals surface area contributed by atoms with Crippen LogP contribution in [0, 0.1) is 12.8 Å². The molecule has 2 N–H and O–H groups in total. The Morgan fingerprint density at radius 1 is 1.40 bits per heavy atom. The van der Waals surface area contributed by atoms with Crippen molar-refractivity contribution in [1.82, 2.24) is 9.97 Å². The average Bonchev–Trinajstić information content (AvgIpc) is 2.42. The van der Waals surface area contributed by atoms with E-state index in [0.29, 0.717) is 24.4 Å². The molecule has 0 aliphatic heterocycles. The van der Waals surface area contributed by atoms with Crippen molar-refractivity contribution in [3.8, 4) is 5.88 Å². The zero-order valence-corrected chi connectivity index (χ0v) is 12.4. The molecule has 2 unspecified atom stereocenters. The Kier molecular flexibility index (Phi) is 5.59. The zero-order chi connectivity index (χ0) is 14.4. The van der Waals surface area contributed by atoms with Crippen LogP contribution in [0.4, 0.5) is 5.95 Å². The number of anilines is 1. The maximum atomic E-state index is 9.68. The minimum Gasteiger partial charge on any atom is -0.478 e. The van der Waals surface area contributed by atoms with Crippen molar-refractivity contribution in [2.45, 2.75) is 52.1 Å². The monoisotopic (exact) mass is 279 g/mol. The third-order valence-corrected chi connectivity index (χ3v) is 3.59. The Hall–Kier alpha value is -1.36. The molecule has 112 valence electrons. The molecule has 20 heavy (non-hydrogen) atoms. The minimum absolute atomic E-state index is 0.141. The molecular formula is C15H25N3O2. The number of rotatable bonds is 6. The standard InChI is InChI=1S/C15H25N3O2/c1-3-7-20-14-8-11(2)17-15(18-14)16-10-12-5-4-6-13(19)9-12/h8,12-13,19H,3-7,9-10H2,1-2H3,(H,16,17,18). The largest absolute Gasteiger partial charge is 0.478 e. The van der Waals surface area contributed by atoms with Crippen molar-refractivity contribution in [3.63, 3.8) is 0 Å². The summed E-state index contributed by atoms with van der Waals surface area (Å²) in [6.07, 6.45) is 4.90. The highest BCUT2D eigenvalue weighted by molar-refractivity contribution is 5.30. The summed E-state index contributed by atoms with van der Waals surface area (Å²) in [7, 11) is 0. The third kappa shape index (κ3) is 4.63. The molecule has 1 fully saturated rings. The summed E-state index contributed by atoms with van der Waals surface area (Å²) >= 11 is 0. The molecule has 1 aromatic heterocycles. The van der Waals surface area contributed by atoms with E-state index in [1.807, 2.05) is 13.0 Å². The SMILES string of the molecule is CCCOc1cc(C)nc(NCC2CCCC(O)C2)n1. The fourth-order valence-electron chi connectivity index (χ4n) is 2.58. The second kappa shape index (κ2) is 7.43. The maximum Gasteiger partial charge on any atom is 0.226 e. The van der Waals surface area contributed by atoms with Gasteiger partial charge in [0.25, 0.3) is 0 Å². The molecule has 5 nitrogen and oxygen atoms in total. The van der Waals surface area contributed by atoms with E-state index in [1.165, 1.54) is 0 Å². The van der Waals surface area contributed by atoms with Crippen LogP contribution in [0.2, 0.25) is 0 Å². The van der Waals surface area contributed by atoms with Gasteiger partial charge in [-0.25, -0.2) is 4.98 Å². The Morgan fingerprint density at radius 3 is 3.00 bits per heavy atom. The number of nitrogens with one attached hydrogen (secondary N) is 1. The first kappa shape index (κ1) is 15.0. The molecule has 5 heteroatoms. The minimum atomic E-state index is -0.141. The van der Waals surface area contributed by atoms with Gasteiger partial charge in [0.05, 0.1) is 12.7 Å². The van der Waals surface area contributed by atoms with Gasteiger partial charge in [0.2, 0.25) is 11.8 Å². The number of aliphatic hydroxyl groups excluding tert-OH is 1. The molecule has 0 amide bonds. The molecule has 0 spiro atoms. The van der Waals surface area contributed by atoms with E-state index < -0.39 is 0 Å². The number of aliphatic hydroxyl groups is 1. The molecule has 2 rings (SSSR count). The quantitative estimate of drug-likeness (QED) is 0.837. The summed E-state index contributed by atoms with van der Waals surface area (Å²) < 4.78 is 5.55. The van der Waals surface area contributed by atoms with Crippen LogP contribution in [0.25, 0.3) is 0 Å². The van der Waals surface area contributed by atoms with Gasteiger partial charge in [-0.05, 0) is 38.5 Å². The van der Waals surface area contributed by atoms with Gasteiger partial charge in [0.1, 0.15) is 0 Å². The second-order valence-electron chi connectivity index (χ2n) is 5.59. The van der Waals surface area contributed by atoms with Crippen molar-refractivity contribution in [2.75, 3.05) is 18.5 Å². The lowest BCUT2D eigenvalue weighted by Crippen LogP contribution is -2.25. The first-order valence-corrected chi connectivity index (χ1v) is 7.57. The Morgan fingerprint density at radius 2 is 2.25 bits per heavy atom. The van der Waals surface area contributed by atoms with Crippen molar-refractivity contribution >= 4 is 5.95 Å². The molecule has 0 aromatic carbocycles. The summed E-state index contributed by atoms with van der Waals surface area (Å²) in [5, 5.41) is 13.0. The molecule has 1 aliphatic rings. The Labute approximate surface area is 120 Å². The normalized spacial score (nSPS) is 22.6. The predicted molar refractivity (Wildman–Crippen MR) is 79.0 cm³/mol. The van der Waals surface area contributed by atoms with Crippen LogP contribution in [0.15, 0.2) is 6.07 Å². The van der Waals surface area contributed by atoms with E-state index in [0.717, 1.165) is 44.3 Å². The smallest absolute Gasteiger partial charge is 0.226 e.